The Kier molecular flexibility index (Phi) is 6.25. The number of anilines is 1. The highest BCUT2D eigenvalue weighted by atomic mass is 35.5. The van der Waals surface area contributed by atoms with Gasteiger partial charge in [-0.3, -0.25) is 9.59 Å². The summed E-state index contributed by atoms with van der Waals surface area (Å²) in [6.07, 6.45) is -0.614. The van der Waals surface area contributed by atoms with Gasteiger partial charge in [0, 0.05) is 41.5 Å². The molecular formula is C23H19Cl4F2NO2. The molecule has 2 aromatic rings. The second kappa shape index (κ2) is 8.43. The van der Waals surface area contributed by atoms with Crippen LogP contribution in [0.2, 0.25) is 10.0 Å². The molecule has 0 aromatic heterocycles. The number of carbonyl (C=O) groups excluding carboxylic acids is 2. The third-order valence-electron chi connectivity index (χ3n) is 5.94. The van der Waals surface area contributed by atoms with Crippen LogP contribution in [0, 0.1) is 18.8 Å². The number of alkyl halides is 4. The molecule has 1 N–H and O–H groups in total. The first-order valence-corrected chi connectivity index (χ1v) is 11.5. The maximum Gasteiger partial charge on any atom is 0.248 e. The average Bonchev–Trinajstić information content (AvgIpc) is 3.23. The van der Waals surface area contributed by atoms with E-state index in [9.17, 15) is 18.4 Å². The second-order valence-corrected chi connectivity index (χ2v) is 10.9. The standard InChI is InChI=1S/C23H19Cl4F2NO2/c1-11-4-13(7-14(24)5-11)19-20(23(19,26)27)21(32)30-15-2-3-17(25)16(8-15)18(31)6-12-9-22(28,29)10-12/h2-5,7-8,12,19-20H,6,9-10H2,1H3,(H,30,32). The molecule has 1 amide bonds. The van der Waals surface area contributed by atoms with E-state index in [-0.39, 0.29) is 41.5 Å². The van der Waals surface area contributed by atoms with Gasteiger partial charge in [0.05, 0.1) is 10.9 Å². The quantitative estimate of drug-likeness (QED) is 0.317. The molecule has 4 rings (SSSR count). The van der Waals surface area contributed by atoms with Crippen LogP contribution in [0.25, 0.3) is 0 Å². The Morgan fingerprint density at radius 1 is 1.09 bits per heavy atom. The number of ketones is 1. The zero-order valence-electron chi connectivity index (χ0n) is 16.9. The summed E-state index contributed by atoms with van der Waals surface area (Å²) in [4.78, 5) is 25.5. The van der Waals surface area contributed by atoms with Crippen molar-refractivity contribution in [2.45, 2.75) is 42.4 Å². The second-order valence-electron chi connectivity index (χ2n) is 8.63. The molecule has 2 atom stereocenters. The first-order valence-electron chi connectivity index (χ1n) is 10.0. The molecule has 2 aromatic carbocycles. The van der Waals surface area contributed by atoms with E-state index in [1.54, 1.807) is 18.2 Å². The first kappa shape index (κ1) is 23.7. The molecular weight excluding hydrogens is 502 g/mol. The number of benzene rings is 2. The minimum Gasteiger partial charge on any atom is -0.326 e. The molecule has 32 heavy (non-hydrogen) atoms. The summed E-state index contributed by atoms with van der Waals surface area (Å²) in [6.45, 7) is 1.88. The average molecular weight is 521 g/mol. The van der Waals surface area contributed by atoms with Crippen molar-refractivity contribution in [2.24, 2.45) is 11.8 Å². The molecule has 2 aliphatic rings. The van der Waals surface area contributed by atoms with E-state index in [4.69, 9.17) is 46.4 Å². The van der Waals surface area contributed by atoms with Crippen LogP contribution >= 0.6 is 46.4 Å². The van der Waals surface area contributed by atoms with Gasteiger partial charge < -0.3 is 5.32 Å². The molecule has 0 saturated heterocycles. The van der Waals surface area contributed by atoms with Crippen molar-refractivity contribution in [1.29, 1.82) is 0 Å². The highest BCUT2D eigenvalue weighted by Gasteiger charge is 2.67. The Balaban J connectivity index is 1.46. The molecule has 2 aliphatic carbocycles. The van der Waals surface area contributed by atoms with Crippen molar-refractivity contribution >= 4 is 63.8 Å². The molecule has 2 unspecified atom stereocenters. The van der Waals surface area contributed by atoms with E-state index < -0.39 is 28.0 Å². The van der Waals surface area contributed by atoms with E-state index in [1.165, 1.54) is 12.1 Å². The number of nitrogens with one attached hydrogen (secondary N) is 1. The molecule has 0 radical (unpaired) electrons. The lowest BCUT2D eigenvalue weighted by Gasteiger charge is -2.34. The number of rotatable bonds is 6. The number of hydrogen-bond acceptors (Lipinski definition) is 2. The fraction of sp³-hybridized carbons (Fsp3) is 0.391. The van der Waals surface area contributed by atoms with Crippen LogP contribution in [0.5, 0.6) is 0 Å². The summed E-state index contributed by atoms with van der Waals surface area (Å²) in [5, 5.41) is 3.46. The Morgan fingerprint density at radius 2 is 1.78 bits per heavy atom. The summed E-state index contributed by atoms with van der Waals surface area (Å²) in [5.74, 6) is -4.95. The van der Waals surface area contributed by atoms with Crippen molar-refractivity contribution in [2.75, 3.05) is 5.32 Å². The van der Waals surface area contributed by atoms with Gasteiger partial charge in [0.1, 0.15) is 4.33 Å². The highest BCUT2D eigenvalue weighted by Crippen LogP contribution is 2.65. The van der Waals surface area contributed by atoms with Gasteiger partial charge in [-0.15, -0.1) is 23.2 Å². The number of aryl methyl sites for hydroxylation is 1. The first-order chi connectivity index (χ1) is 14.9. The Bertz CT molecular complexity index is 1080. The molecule has 0 heterocycles. The van der Waals surface area contributed by atoms with Crippen molar-refractivity contribution in [3.05, 3.63) is 63.1 Å². The van der Waals surface area contributed by atoms with Gasteiger partial charge in [-0.05, 0) is 54.3 Å². The van der Waals surface area contributed by atoms with Crippen LogP contribution < -0.4 is 5.32 Å². The lowest BCUT2D eigenvalue weighted by molar-refractivity contribution is -0.117. The van der Waals surface area contributed by atoms with E-state index in [2.05, 4.69) is 5.32 Å². The molecule has 170 valence electrons. The van der Waals surface area contributed by atoms with Crippen LogP contribution in [-0.4, -0.2) is 21.9 Å². The number of hydrogen-bond donors (Lipinski definition) is 1. The van der Waals surface area contributed by atoms with Gasteiger partial charge in [0.25, 0.3) is 0 Å². The number of Topliss-reactive ketones (excluding diaryl/α,β-unsaturated/α-hetero) is 1. The van der Waals surface area contributed by atoms with Gasteiger partial charge in [0.15, 0.2) is 5.78 Å². The topological polar surface area (TPSA) is 46.2 Å². The monoisotopic (exact) mass is 519 g/mol. The summed E-state index contributed by atoms with van der Waals surface area (Å²) in [6, 6.07) is 9.90. The molecule has 9 heteroatoms. The summed E-state index contributed by atoms with van der Waals surface area (Å²) in [5.41, 5.74) is 2.22. The molecule has 3 nitrogen and oxygen atoms in total. The smallest absolute Gasteiger partial charge is 0.248 e. The number of carbonyl (C=O) groups is 2. The minimum atomic E-state index is -2.69. The molecule has 2 saturated carbocycles. The predicted molar refractivity (Wildman–Crippen MR) is 124 cm³/mol. The van der Waals surface area contributed by atoms with Gasteiger partial charge in [-0.2, -0.15) is 0 Å². The van der Waals surface area contributed by atoms with Crippen LogP contribution in [0.3, 0.4) is 0 Å². The Hall–Kier alpha value is -1.40. The molecule has 2 fully saturated rings. The molecule has 0 aliphatic heterocycles. The largest absolute Gasteiger partial charge is 0.326 e. The third-order valence-corrected chi connectivity index (χ3v) is 7.43. The number of amides is 1. The number of halogens is 6. The maximum atomic E-state index is 13.1. The summed E-state index contributed by atoms with van der Waals surface area (Å²) >= 11 is 25.1. The Morgan fingerprint density at radius 3 is 2.41 bits per heavy atom. The van der Waals surface area contributed by atoms with Crippen molar-refractivity contribution in [1.82, 2.24) is 0 Å². The fourth-order valence-electron chi connectivity index (χ4n) is 4.35. The summed E-state index contributed by atoms with van der Waals surface area (Å²) in [7, 11) is 0. The van der Waals surface area contributed by atoms with Crippen molar-refractivity contribution in [3.8, 4) is 0 Å². The van der Waals surface area contributed by atoms with Crippen molar-refractivity contribution in [3.63, 3.8) is 0 Å². The normalized spacial score (nSPS) is 23.3. The SMILES string of the molecule is Cc1cc(Cl)cc(C2C(C(=O)Nc3ccc(Cl)c(C(=O)CC4CC(F)(F)C4)c3)C2(Cl)Cl)c1. The molecule has 0 spiro atoms. The lowest BCUT2D eigenvalue weighted by atomic mass is 9.77. The van der Waals surface area contributed by atoms with Gasteiger partial charge in [-0.25, -0.2) is 8.78 Å². The van der Waals surface area contributed by atoms with E-state index in [0.29, 0.717) is 10.7 Å². The minimum absolute atomic E-state index is 0.0159. The van der Waals surface area contributed by atoms with Crippen molar-refractivity contribution < 1.29 is 18.4 Å². The lowest BCUT2D eigenvalue weighted by Crippen LogP contribution is -2.36. The van der Waals surface area contributed by atoms with Gasteiger partial charge >= 0.3 is 0 Å². The Labute approximate surface area is 204 Å². The highest BCUT2D eigenvalue weighted by molar-refractivity contribution is 6.53. The van der Waals surface area contributed by atoms with Crippen LogP contribution in [0.1, 0.15) is 46.7 Å². The van der Waals surface area contributed by atoms with E-state index in [1.807, 2.05) is 13.0 Å². The molecule has 0 bridgehead atoms. The zero-order chi connectivity index (χ0) is 23.4. The van der Waals surface area contributed by atoms with Gasteiger partial charge in [0.2, 0.25) is 11.8 Å². The fourth-order valence-corrected chi connectivity index (χ4v) is 5.70. The maximum absolute atomic E-state index is 13.1. The van der Waals surface area contributed by atoms with Gasteiger partial charge in [-0.1, -0.05) is 29.3 Å². The van der Waals surface area contributed by atoms with Crippen LogP contribution in [-0.2, 0) is 4.79 Å². The van der Waals surface area contributed by atoms with Crippen LogP contribution in [0.15, 0.2) is 36.4 Å². The predicted octanol–water partition coefficient (Wildman–Crippen LogP) is 7.45. The third kappa shape index (κ3) is 4.77. The summed E-state index contributed by atoms with van der Waals surface area (Å²) < 4.78 is 24.8. The zero-order valence-corrected chi connectivity index (χ0v) is 19.9. The van der Waals surface area contributed by atoms with Crippen LogP contribution in [0.4, 0.5) is 14.5 Å². The van der Waals surface area contributed by atoms with E-state index in [0.717, 1.165) is 11.1 Å². The van der Waals surface area contributed by atoms with E-state index >= 15 is 0 Å².